The Kier molecular flexibility index (Phi) is 7.55. The Morgan fingerprint density at radius 1 is 0.882 bits per heavy atom. The maximum Gasteiger partial charge on any atom is 0.0229 e. The van der Waals surface area contributed by atoms with Gasteiger partial charge in [0.15, 0.2) is 0 Å². The van der Waals surface area contributed by atoms with Crippen molar-refractivity contribution in [3.8, 4) is 0 Å². The minimum atomic E-state index is 0.880. The summed E-state index contributed by atoms with van der Waals surface area (Å²) in [5.74, 6) is 9.34. The van der Waals surface area contributed by atoms with Gasteiger partial charge >= 0.3 is 0 Å². The molecule has 0 aliphatic carbocycles. The molecule has 98 valence electrons. The molecule has 0 aromatic heterocycles. The van der Waals surface area contributed by atoms with Crippen molar-refractivity contribution in [1.82, 2.24) is 0 Å². The quantitative estimate of drug-likeness (QED) is 0.375. The Labute approximate surface area is 127 Å². The van der Waals surface area contributed by atoms with Gasteiger partial charge in [-0.3, -0.25) is 0 Å². The van der Waals surface area contributed by atoms with Crippen LogP contribution in [0, 0.1) is 0 Å². The normalized spacial score (nSPS) is 32.4. The van der Waals surface area contributed by atoms with Crippen LogP contribution in [0.1, 0.15) is 0 Å². The third kappa shape index (κ3) is 6.46. The smallest absolute Gasteiger partial charge is 0.0229 e. The van der Waals surface area contributed by atoms with Gasteiger partial charge in [0.2, 0.25) is 0 Å². The molecular weight excluding hydrogens is 304 g/mol. The van der Waals surface area contributed by atoms with Crippen molar-refractivity contribution in [2.75, 3.05) is 40.3 Å². The van der Waals surface area contributed by atoms with Gasteiger partial charge in [0, 0.05) is 56.0 Å². The molecule has 2 saturated heterocycles. The monoisotopic (exact) mass is 324 g/mol. The molecule has 0 N–H and O–H groups in total. The second kappa shape index (κ2) is 8.62. The van der Waals surface area contributed by atoms with Gasteiger partial charge in [-0.15, -0.1) is 6.58 Å². The molecule has 0 aromatic rings. The number of hydrogen-bond acceptors (Lipinski definition) is 5. The largest absolute Gasteiger partial charge is 0.160 e. The summed E-state index contributed by atoms with van der Waals surface area (Å²) in [6.07, 6.45) is 2.01. The molecular formula is C12H20S5. The molecule has 2 heterocycles. The molecule has 0 saturated carbocycles. The standard InChI is InChI=1S/C12H20S5/c1-2-3-13-4-10-7-16-11(8-15-10)5-14-6-12-9-17-12/h2,10-12H,1,3-9H2. The Morgan fingerprint density at radius 3 is 1.76 bits per heavy atom. The predicted molar refractivity (Wildman–Crippen MR) is 93.6 cm³/mol. The van der Waals surface area contributed by atoms with E-state index in [9.17, 15) is 0 Å². The maximum atomic E-state index is 3.77. The van der Waals surface area contributed by atoms with E-state index in [4.69, 9.17) is 0 Å². The Bertz CT molecular complexity index is 221. The summed E-state index contributed by atoms with van der Waals surface area (Å²) in [6, 6.07) is 0. The van der Waals surface area contributed by atoms with Gasteiger partial charge in [-0.05, 0) is 0 Å². The molecule has 3 atom stereocenters. The lowest BCUT2D eigenvalue weighted by atomic mass is 10.5. The molecule has 0 radical (unpaired) electrons. The second-order valence-electron chi connectivity index (χ2n) is 4.23. The number of hydrogen-bond donors (Lipinski definition) is 0. The van der Waals surface area contributed by atoms with Crippen LogP contribution in [0.5, 0.6) is 0 Å². The van der Waals surface area contributed by atoms with Crippen LogP contribution in [-0.4, -0.2) is 56.0 Å². The summed E-state index contributed by atoms with van der Waals surface area (Å²) in [4.78, 5) is 0. The Balaban J connectivity index is 1.49. The van der Waals surface area contributed by atoms with Gasteiger partial charge < -0.3 is 0 Å². The summed E-state index contributed by atoms with van der Waals surface area (Å²) >= 11 is 10.7. The molecule has 2 aliphatic rings. The summed E-state index contributed by atoms with van der Waals surface area (Å²) in [6.45, 7) is 3.77. The molecule has 3 unspecified atom stereocenters. The van der Waals surface area contributed by atoms with Crippen LogP contribution in [0.3, 0.4) is 0 Å². The topological polar surface area (TPSA) is 0 Å². The fourth-order valence-electron chi connectivity index (χ4n) is 1.55. The first-order valence-electron chi connectivity index (χ1n) is 5.99. The zero-order valence-corrected chi connectivity index (χ0v) is 14.1. The van der Waals surface area contributed by atoms with Crippen LogP contribution in [0.2, 0.25) is 0 Å². The highest BCUT2D eigenvalue weighted by molar-refractivity contribution is 8.10. The van der Waals surface area contributed by atoms with Crippen molar-refractivity contribution < 1.29 is 0 Å². The molecule has 0 aromatic carbocycles. The van der Waals surface area contributed by atoms with Gasteiger partial charge in [0.25, 0.3) is 0 Å². The average molecular weight is 325 g/mol. The molecule has 17 heavy (non-hydrogen) atoms. The highest BCUT2D eigenvalue weighted by Gasteiger charge is 2.25. The summed E-state index contributed by atoms with van der Waals surface area (Å²) in [5.41, 5.74) is 0. The van der Waals surface area contributed by atoms with Crippen molar-refractivity contribution in [1.29, 1.82) is 0 Å². The van der Waals surface area contributed by atoms with Crippen LogP contribution >= 0.6 is 58.8 Å². The summed E-state index contributed by atoms with van der Waals surface area (Å²) in [7, 11) is 0. The first kappa shape index (κ1) is 14.9. The summed E-state index contributed by atoms with van der Waals surface area (Å²) < 4.78 is 0. The van der Waals surface area contributed by atoms with Crippen molar-refractivity contribution in [3.63, 3.8) is 0 Å². The van der Waals surface area contributed by atoms with Crippen LogP contribution in [0.25, 0.3) is 0 Å². The molecule has 2 rings (SSSR count). The van der Waals surface area contributed by atoms with Crippen LogP contribution in [-0.2, 0) is 0 Å². The highest BCUT2D eigenvalue weighted by Crippen LogP contribution is 2.36. The first-order valence-corrected chi connectivity index (χ1v) is 11.4. The molecule has 5 heteroatoms. The minimum absolute atomic E-state index is 0.880. The lowest BCUT2D eigenvalue weighted by Crippen LogP contribution is -2.25. The van der Waals surface area contributed by atoms with E-state index in [1.54, 1.807) is 0 Å². The van der Waals surface area contributed by atoms with Gasteiger partial charge in [-0.1, -0.05) is 6.08 Å². The van der Waals surface area contributed by atoms with Crippen LogP contribution < -0.4 is 0 Å². The zero-order chi connectivity index (χ0) is 11.9. The van der Waals surface area contributed by atoms with E-state index in [1.165, 1.54) is 34.5 Å². The maximum absolute atomic E-state index is 3.77. The van der Waals surface area contributed by atoms with Crippen molar-refractivity contribution in [2.24, 2.45) is 0 Å². The predicted octanol–water partition coefficient (Wildman–Crippen LogP) is 3.97. The molecule has 2 fully saturated rings. The van der Waals surface area contributed by atoms with E-state index in [2.05, 4.69) is 53.6 Å². The van der Waals surface area contributed by atoms with Crippen molar-refractivity contribution in [2.45, 2.75) is 15.7 Å². The van der Waals surface area contributed by atoms with E-state index >= 15 is 0 Å². The lowest BCUT2D eigenvalue weighted by molar-refractivity contribution is 1.06. The Hall–Kier alpha value is 1.49. The third-order valence-electron chi connectivity index (χ3n) is 2.58. The average Bonchev–Trinajstić information content (AvgIpc) is 3.16. The van der Waals surface area contributed by atoms with E-state index in [1.807, 2.05) is 17.8 Å². The molecule has 0 bridgehead atoms. The third-order valence-corrected chi connectivity index (χ3v) is 9.80. The minimum Gasteiger partial charge on any atom is -0.160 e. The molecule has 0 spiro atoms. The van der Waals surface area contributed by atoms with Crippen LogP contribution in [0.15, 0.2) is 12.7 Å². The van der Waals surface area contributed by atoms with Gasteiger partial charge in [-0.2, -0.15) is 58.8 Å². The Morgan fingerprint density at radius 2 is 1.35 bits per heavy atom. The lowest BCUT2D eigenvalue weighted by Gasteiger charge is -2.27. The van der Waals surface area contributed by atoms with Crippen LogP contribution in [0.4, 0.5) is 0 Å². The molecule has 2 aliphatic heterocycles. The highest BCUT2D eigenvalue weighted by atomic mass is 32.2. The van der Waals surface area contributed by atoms with Crippen molar-refractivity contribution in [3.05, 3.63) is 12.7 Å². The number of rotatable bonds is 8. The van der Waals surface area contributed by atoms with E-state index in [-0.39, 0.29) is 0 Å². The van der Waals surface area contributed by atoms with E-state index < -0.39 is 0 Å². The second-order valence-corrected chi connectivity index (χ2v) is 10.4. The van der Waals surface area contributed by atoms with Gasteiger partial charge in [-0.25, -0.2) is 0 Å². The van der Waals surface area contributed by atoms with E-state index in [0.717, 1.165) is 21.5 Å². The number of thioether (sulfide) groups is 5. The molecule has 0 amide bonds. The zero-order valence-electron chi connectivity index (χ0n) is 10.0. The fourth-order valence-corrected chi connectivity index (χ4v) is 8.31. The van der Waals surface area contributed by atoms with E-state index in [0.29, 0.717) is 0 Å². The first-order chi connectivity index (χ1) is 8.38. The SMILES string of the molecule is C=CCSCC1CSC(CSCC2CS2)CS1. The van der Waals surface area contributed by atoms with Gasteiger partial charge in [0.05, 0.1) is 0 Å². The van der Waals surface area contributed by atoms with Crippen molar-refractivity contribution >= 4 is 58.8 Å². The fraction of sp³-hybridized carbons (Fsp3) is 0.833. The molecule has 0 nitrogen and oxygen atoms in total. The summed E-state index contributed by atoms with van der Waals surface area (Å²) in [5, 5.41) is 2.80. The van der Waals surface area contributed by atoms with Gasteiger partial charge in [0.1, 0.15) is 0 Å².